The Labute approximate surface area is 140 Å². The lowest BCUT2D eigenvalue weighted by atomic mass is 9.97. The Morgan fingerprint density at radius 1 is 1.23 bits per heavy atom. The molecule has 1 N–H and O–H groups in total. The van der Waals surface area contributed by atoms with Gasteiger partial charge >= 0.3 is 5.97 Å². The van der Waals surface area contributed by atoms with Gasteiger partial charge in [0.05, 0.1) is 16.5 Å². The first-order chi connectivity index (χ1) is 10.5. The van der Waals surface area contributed by atoms with E-state index in [2.05, 4.69) is 0 Å². The maximum atomic E-state index is 12.5. The molecule has 0 aromatic heterocycles. The number of hydrogen-bond acceptors (Lipinski definition) is 2. The molecule has 2 rings (SSSR count). The molecule has 1 fully saturated rings. The van der Waals surface area contributed by atoms with Crippen molar-refractivity contribution >= 4 is 35.1 Å². The van der Waals surface area contributed by atoms with Gasteiger partial charge in [0.2, 0.25) is 5.91 Å². The number of carboxylic acids is 1. The standard InChI is InChI=1S/C16H19Cl2NO3/c17-13-6-4-11(9-14(13)18)10-15(20)19-8-2-1-3-12(19)5-7-16(21)22/h4,6,9,12H,1-3,5,7-8,10H2,(H,21,22). The lowest BCUT2D eigenvalue weighted by Gasteiger charge is -2.35. The summed E-state index contributed by atoms with van der Waals surface area (Å²) < 4.78 is 0. The van der Waals surface area contributed by atoms with Gasteiger partial charge < -0.3 is 10.0 Å². The van der Waals surface area contributed by atoms with Gasteiger partial charge in [-0.2, -0.15) is 0 Å². The van der Waals surface area contributed by atoms with E-state index in [9.17, 15) is 9.59 Å². The summed E-state index contributed by atoms with van der Waals surface area (Å²) in [5.74, 6) is -0.795. The van der Waals surface area contributed by atoms with Crippen LogP contribution in [0.2, 0.25) is 10.0 Å². The summed E-state index contributed by atoms with van der Waals surface area (Å²) >= 11 is 11.9. The molecule has 0 saturated carbocycles. The number of halogens is 2. The highest BCUT2D eigenvalue weighted by atomic mass is 35.5. The van der Waals surface area contributed by atoms with Crippen LogP contribution in [0.5, 0.6) is 0 Å². The molecule has 1 saturated heterocycles. The van der Waals surface area contributed by atoms with E-state index in [4.69, 9.17) is 28.3 Å². The van der Waals surface area contributed by atoms with Gasteiger partial charge in [-0.25, -0.2) is 0 Å². The average molecular weight is 344 g/mol. The molecule has 1 aromatic rings. The predicted octanol–water partition coefficient (Wildman–Crippen LogP) is 3.78. The quantitative estimate of drug-likeness (QED) is 0.884. The van der Waals surface area contributed by atoms with E-state index in [1.807, 2.05) is 4.90 Å². The number of aliphatic carboxylic acids is 1. The number of rotatable bonds is 5. The minimum absolute atomic E-state index is 0.0217. The van der Waals surface area contributed by atoms with E-state index in [-0.39, 0.29) is 24.8 Å². The van der Waals surface area contributed by atoms with Crippen molar-refractivity contribution in [1.29, 1.82) is 0 Å². The summed E-state index contributed by atoms with van der Waals surface area (Å²) in [6, 6.07) is 5.21. The van der Waals surface area contributed by atoms with Crippen molar-refractivity contribution in [1.82, 2.24) is 4.90 Å². The first-order valence-corrected chi connectivity index (χ1v) is 8.18. The van der Waals surface area contributed by atoms with Crippen LogP contribution in [-0.2, 0) is 16.0 Å². The van der Waals surface area contributed by atoms with Crippen LogP contribution in [0.4, 0.5) is 0 Å². The Hall–Kier alpha value is -1.26. The monoisotopic (exact) mass is 343 g/mol. The summed E-state index contributed by atoms with van der Waals surface area (Å²) in [6.07, 6.45) is 3.77. The number of carboxylic acid groups (broad SMARTS) is 1. The van der Waals surface area contributed by atoms with Crippen molar-refractivity contribution in [3.8, 4) is 0 Å². The number of piperidine rings is 1. The summed E-state index contributed by atoms with van der Waals surface area (Å²) in [4.78, 5) is 25.1. The molecule has 22 heavy (non-hydrogen) atoms. The van der Waals surface area contributed by atoms with Crippen LogP contribution in [0.3, 0.4) is 0 Å². The van der Waals surface area contributed by atoms with Gasteiger partial charge in [-0.15, -0.1) is 0 Å². The van der Waals surface area contributed by atoms with Crippen molar-refractivity contribution < 1.29 is 14.7 Å². The Bertz CT molecular complexity index is 562. The highest BCUT2D eigenvalue weighted by Crippen LogP contribution is 2.25. The molecular weight excluding hydrogens is 325 g/mol. The highest BCUT2D eigenvalue weighted by molar-refractivity contribution is 6.42. The zero-order valence-electron chi connectivity index (χ0n) is 12.2. The molecular formula is C16H19Cl2NO3. The molecule has 0 spiro atoms. The van der Waals surface area contributed by atoms with Crippen LogP contribution in [-0.4, -0.2) is 34.5 Å². The van der Waals surface area contributed by atoms with Crippen molar-refractivity contribution in [3.05, 3.63) is 33.8 Å². The first kappa shape index (κ1) is 17.1. The van der Waals surface area contributed by atoms with E-state index in [1.165, 1.54) is 0 Å². The number of nitrogens with zero attached hydrogens (tertiary/aromatic N) is 1. The van der Waals surface area contributed by atoms with Crippen LogP contribution in [0, 0.1) is 0 Å². The van der Waals surface area contributed by atoms with E-state index < -0.39 is 5.97 Å². The smallest absolute Gasteiger partial charge is 0.303 e. The first-order valence-electron chi connectivity index (χ1n) is 7.42. The number of amides is 1. The van der Waals surface area contributed by atoms with Crippen LogP contribution >= 0.6 is 23.2 Å². The molecule has 1 unspecified atom stereocenters. The lowest BCUT2D eigenvalue weighted by molar-refractivity contribution is -0.139. The highest BCUT2D eigenvalue weighted by Gasteiger charge is 2.26. The van der Waals surface area contributed by atoms with E-state index in [0.717, 1.165) is 24.8 Å². The topological polar surface area (TPSA) is 57.6 Å². The van der Waals surface area contributed by atoms with Crippen molar-refractivity contribution in [3.63, 3.8) is 0 Å². The fourth-order valence-electron chi connectivity index (χ4n) is 2.84. The lowest BCUT2D eigenvalue weighted by Crippen LogP contribution is -2.44. The molecule has 0 aliphatic carbocycles. The zero-order chi connectivity index (χ0) is 16.1. The molecule has 0 radical (unpaired) electrons. The van der Waals surface area contributed by atoms with Crippen LogP contribution in [0.25, 0.3) is 0 Å². The molecule has 6 heteroatoms. The molecule has 1 aromatic carbocycles. The van der Waals surface area contributed by atoms with Gasteiger partial charge in [-0.05, 0) is 43.4 Å². The number of benzene rings is 1. The molecule has 1 aliphatic heterocycles. The summed E-state index contributed by atoms with van der Waals surface area (Å²) in [5.41, 5.74) is 0.821. The second kappa shape index (κ2) is 7.84. The number of hydrogen-bond donors (Lipinski definition) is 1. The summed E-state index contributed by atoms with van der Waals surface area (Å²) in [6.45, 7) is 0.699. The normalized spacial score (nSPS) is 18.3. The third-order valence-electron chi connectivity index (χ3n) is 3.98. The van der Waals surface area contributed by atoms with Gasteiger partial charge in [-0.3, -0.25) is 9.59 Å². The Morgan fingerprint density at radius 3 is 2.68 bits per heavy atom. The van der Waals surface area contributed by atoms with Crippen molar-refractivity contribution in [2.24, 2.45) is 0 Å². The van der Waals surface area contributed by atoms with Gasteiger partial charge in [0.1, 0.15) is 0 Å². The van der Waals surface area contributed by atoms with Gasteiger partial charge in [0.25, 0.3) is 0 Å². The Balaban J connectivity index is 2.01. The maximum Gasteiger partial charge on any atom is 0.303 e. The minimum atomic E-state index is -0.817. The molecule has 120 valence electrons. The Kier molecular flexibility index (Phi) is 6.09. The van der Waals surface area contributed by atoms with Crippen LogP contribution < -0.4 is 0 Å². The zero-order valence-corrected chi connectivity index (χ0v) is 13.7. The third-order valence-corrected chi connectivity index (χ3v) is 4.72. The Morgan fingerprint density at radius 2 is 2.00 bits per heavy atom. The van der Waals surface area contributed by atoms with Gasteiger partial charge in [-0.1, -0.05) is 29.3 Å². The largest absolute Gasteiger partial charge is 0.481 e. The molecule has 1 atom stereocenters. The fourth-order valence-corrected chi connectivity index (χ4v) is 3.17. The van der Waals surface area contributed by atoms with Crippen molar-refractivity contribution in [2.45, 2.75) is 44.6 Å². The number of likely N-dealkylation sites (tertiary alicyclic amines) is 1. The molecule has 4 nitrogen and oxygen atoms in total. The number of carbonyl (C=O) groups is 2. The second-order valence-electron chi connectivity index (χ2n) is 5.59. The summed E-state index contributed by atoms with van der Waals surface area (Å²) in [7, 11) is 0. The molecule has 1 heterocycles. The minimum Gasteiger partial charge on any atom is -0.481 e. The van der Waals surface area contributed by atoms with E-state index in [1.54, 1.807) is 18.2 Å². The van der Waals surface area contributed by atoms with Crippen LogP contribution in [0.1, 0.15) is 37.7 Å². The SMILES string of the molecule is O=C(O)CCC1CCCCN1C(=O)Cc1ccc(Cl)c(Cl)c1. The predicted molar refractivity (Wildman–Crippen MR) is 86.4 cm³/mol. The van der Waals surface area contributed by atoms with Gasteiger partial charge in [0, 0.05) is 19.0 Å². The van der Waals surface area contributed by atoms with E-state index >= 15 is 0 Å². The van der Waals surface area contributed by atoms with Crippen LogP contribution in [0.15, 0.2) is 18.2 Å². The fraction of sp³-hybridized carbons (Fsp3) is 0.500. The molecule has 0 bridgehead atoms. The second-order valence-corrected chi connectivity index (χ2v) is 6.41. The molecule has 1 amide bonds. The average Bonchev–Trinajstić information content (AvgIpc) is 2.49. The maximum absolute atomic E-state index is 12.5. The van der Waals surface area contributed by atoms with Gasteiger partial charge in [0.15, 0.2) is 0 Å². The molecule has 1 aliphatic rings. The third kappa shape index (κ3) is 4.62. The summed E-state index contributed by atoms with van der Waals surface area (Å²) in [5, 5.41) is 9.74. The van der Waals surface area contributed by atoms with E-state index in [0.29, 0.717) is 23.0 Å². The number of carbonyl (C=O) groups excluding carboxylic acids is 1. The van der Waals surface area contributed by atoms with Crippen molar-refractivity contribution in [2.75, 3.05) is 6.54 Å².